The van der Waals surface area contributed by atoms with Crippen molar-refractivity contribution in [3.63, 3.8) is 0 Å². The van der Waals surface area contributed by atoms with Gasteiger partial charge in [-0.15, -0.1) is 0 Å². The second-order valence-corrected chi connectivity index (χ2v) is 9.13. The highest BCUT2D eigenvalue weighted by Crippen LogP contribution is 2.63. The first-order valence-electron chi connectivity index (χ1n) is 11.5. The van der Waals surface area contributed by atoms with Crippen molar-refractivity contribution >= 4 is 5.91 Å². The van der Waals surface area contributed by atoms with Crippen LogP contribution in [0.5, 0.6) is 17.2 Å². The number of benzene rings is 2. The Balaban J connectivity index is 1.73. The number of carbonyl (C=O) groups excluding carboxylic acids is 1. The molecular weight excluding hydrogens is 475 g/mol. The maximum absolute atomic E-state index is 17.2. The number of nitrogens with one attached hydrogen (secondary N) is 1. The normalized spacial score (nSPS) is 23.7. The molecule has 36 heavy (non-hydrogen) atoms. The zero-order valence-corrected chi connectivity index (χ0v) is 20.4. The minimum atomic E-state index is -2.64. The van der Waals surface area contributed by atoms with Gasteiger partial charge in [0, 0.05) is 18.3 Å². The van der Waals surface area contributed by atoms with Crippen molar-refractivity contribution in [3.8, 4) is 17.2 Å². The van der Waals surface area contributed by atoms with Crippen LogP contribution in [0, 0.1) is 5.82 Å². The highest BCUT2D eigenvalue weighted by atomic mass is 19.2. The van der Waals surface area contributed by atoms with Crippen molar-refractivity contribution in [2.75, 3.05) is 14.2 Å². The molecule has 0 bridgehead atoms. The van der Waals surface area contributed by atoms with Crippen LogP contribution in [0.1, 0.15) is 54.6 Å². The third-order valence-corrected chi connectivity index (χ3v) is 7.18. The molecule has 1 amide bonds. The van der Waals surface area contributed by atoms with Crippen LogP contribution >= 0.6 is 0 Å². The van der Waals surface area contributed by atoms with Crippen LogP contribution in [0.4, 0.5) is 13.2 Å². The molecule has 1 aliphatic carbocycles. The number of rotatable bonds is 8. The van der Waals surface area contributed by atoms with E-state index in [1.165, 1.54) is 45.6 Å². The van der Waals surface area contributed by atoms with Gasteiger partial charge in [0.1, 0.15) is 11.6 Å². The van der Waals surface area contributed by atoms with Crippen LogP contribution in [0.25, 0.3) is 0 Å². The van der Waals surface area contributed by atoms with Crippen molar-refractivity contribution < 1.29 is 37.0 Å². The van der Waals surface area contributed by atoms with E-state index in [1.807, 2.05) is 0 Å². The van der Waals surface area contributed by atoms with Crippen molar-refractivity contribution in [1.82, 2.24) is 5.32 Å². The van der Waals surface area contributed by atoms with Crippen LogP contribution in [0.15, 0.2) is 53.1 Å². The summed E-state index contributed by atoms with van der Waals surface area (Å²) in [6.07, 6.45) is 1.06. The van der Waals surface area contributed by atoms with Gasteiger partial charge in [0.2, 0.25) is 11.7 Å². The monoisotopic (exact) mass is 503 g/mol. The molecule has 1 aromatic heterocycles. The van der Waals surface area contributed by atoms with E-state index < -0.39 is 41.3 Å². The molecule has 0 radical (unpaired) electrons. The lowest BCUT2D eigenvalue weighted by Crippen LogP contribution is -2.46. The smallest absolute Gasteiger partial charge is 0.221 e. The van der Waals surface area contributed by atoms with E-state index in [-0.39, 0.29) is 34.9 Å². The Bertz CT molecular complexity index is 1240. The SMILES string of the molecule is COc1cc(C(C)C2(F)c3ccc(F)cc3C(CC(=O)NCc3ccco3)C2(C)F)cc(OC)c1O. The third kappa shape index (κ3) is 4.06. The molecule has 1 heterocycles. The largest absolute Gasteiger partial charge is 0.502 e. The average molecular weight is 504 g/mol. The Morgan fingerprint density at radius 1 is 1.17 bits per heavy atom. The molecule has 0 spiro atoms. The van der Waals surface area contributed by atoms with Gasteiger partial charge in [-0.3, -0.25) is 4.79 Å². The van der Waals surface area contributed by atoms with Gasteiger partial charge in [-0.25, -0.2) is 13.2 Å². The van der Waals surface area contributed by atoms with Gasteiger partial charge in [-0.2, -0.15) is 0 Å². The molecule has 0 fully saturated rings. The first-order valence-corrected chi connectivity index (χ1v) is 11.5. The van der Waals surface area contributed by atoms with Gasteiger partial charge in [-0.1, -0.05) is 13.0 Å². The third-order valence-electron chi connectivity index (χ3n) is 7.18. The number of methoxy groups -OCH3 is 2. The molecule has 4 rings (SSSR count). The molecule has 0 aliphatic heterocycles. The fourth-order valence-corrected chi connectivity index (χ4v) is 5.17. The van der Waals surface area contributed by atoms with Crippen molar-refractivity contribution in [1.29, 1.82) is 0 Å². The van der Waals surface area contributed by atoms with E-state index in [4.69, 9.17) is 13.9 Å². The Morgan fingerprint density at radius 2 is 1.83 bits per heavy atom. The zero-order chi connectivity index (χ0) is 26.3. The number of hydrogen-bond acceptors (Lipinski definition) is 5. The van der Waals surface area contributed by atoms with Crippen LogP contribution in [0.2, 0.25) is 0 Å². The molecular formula is C27H28F3NO5. The number of hydrogen-bond donors (Lipinski definition) is 2. The number of ether oxygens (including phenoxy) is 2. The fraction of sp³-hybridized carbons (Fsp3) is 0.370. The van der Waals surface area contributed by atoms with E-state index in [0.717, 1.165) is 19.1 Å². The highest BCUT2D eigenvalue weighted by molar-refractivity contribution is 5.77. The van der Waals surface area contributed by atoms with Crippen LogP contribution in [-0.4, -0.2) is 30.9 Å². The summed E-state index contributed by atoms with van der Waals surface area (Å²) >= 11 is 0. The van der Waals surface area contributed by atoms with E-state index in [2.05, 4.69) is 5.32 Å². The molecule has 1 aliphatic rings. The van der Waals surface area contributed by atoms with Crippen LogP contribution in [0.3, 0.4) is 0 Å². The lowest BCUT2D eigenvalue weighted by molar-refractivity contribution is -0.124. The van der Waals surface area contributed by atoms with Gasteiger partial charge in [0.05, 0.1) is 27.0 Å². The Labute approximate surface area is 207 Å². The lowest BCUT2D eigenvalue weighted by atomic mass is 9.72. The number of alkyl halides is 2. The number of fused-ring (bicyclic) bond motifs is 1. The van der Waals surface area contributed by atoms with E-state index in [1.54, 1.807) is 12.1 Å². The van der Waals surface area contributed by atoms with Gasteiger partial charge in [0.25, 0.3) is 0 Å². The zero-order valence-electron chi connectivity index (χ0n) is 20.4. The van der Waals surface area contributed by atoms with Gasteiger partial charge < -0.3 is 24.3 Å². The minimum Gasteiger partial charge on any atom is -0.502 e. The van der Waals surface area contributed by atoms with Crippen LogP contribution < -0.4 is 14.8 Å². The second-order valence-electron chi connectivity index (χ2n) is 9.13. The molecule has 192 valence electrons. The van der Waals surface area contributed by atoms with E-state index in [9.17, 15) is 14.3 Å². The maximum Gasteiger partial charge on any atom is 0.221 e. The summed E-state index contributed by atoms with van der Waals surface area (Å²) in [5, 5.41) is 12.9. The Kier molecular flexibility index (Phi) is 6.68. The molecule has 0 saturated heterocycles. The lowest BCUT2D eigenvalue weighted by Gasteiger charge is -2.39. The summed E-state index contributed by atoms with van der Waals surface area (Å²) in [6.45, 7) is 2.68. The summed E-state index contributed by atoms with van der Waals surface area (Å²) in [5.41, 5.74) is -4.87. The molecule has 4 atom stereocenters. The van der Waals surface area contributed by atoms with Crippen molar-refractivity contribution in [3.05, 3.63) is 77.0 Å². The van der Waals surface area contributed by atoms with Crippen molar-refractivity contribution in [2.24, 2.45) is 0 Å². The highest BCUT2D eigenvalue weighted by Gasteiger charge is 2.65. The first-order chi connectivity index (χ1) is 17.0. The number of amides is 1. The molecule has 2 N–H and O–H groups in total. The number of carbonyl (C=O) groups is 1. The number of furan rings is 1. The molecule has 9 heteroatoms. The predicted molar refractivity (Wildman–Crippen MR) is 126 cm³/mol. The predicted octanol–water partition coefficient (Wildman–Crippen LogP) is 5.64. The molecule has 4 unspecified atom stereocenters. The number of phenolic OH excluding ortho intramolecular Hbond substituents is 1. The quantitative estimate of drug-likeness (QED) is 0.416. The average Bonchev–Trinajstić information content (AvgIpc) is 3.43. The summed E-state index contributed by atoms with van der Waals surface area (Å²) in [6, 6.07) is 9.56. The standard InChI is InChI=1S/C27H28F3NO5/c1-15(16-10-22(34-3)25(33)23(11-16)35-4)27(30)20-8-7-17(28)12-19(20)21(26(27,2)29)13-24(32)31-14-18-6-5-9-36-18/h5-12,15,21,33H,13-14H2,1-4H3,(H,31,32). The maximum atomic E-state index is 17.2. The minimum absolute atomic E-state index is 0.0313. The van der Waals surface area contributed by atoms with Crippen LogP contribution in [-0.2, 0) is 17.0 Å². The summed E-state index contributed by atoms with van der Waals surface area (Å²) in [7, 11) is 2.66. The van der Waals surface area contributed by atoms with Gasteiger partial charge in [0.15, 0.2) is 22.8 Å². The molecule has 3 aromatic rings. The van der Waals surface area contributed by atoms with Crippen molar-refractivity contribution in [2.45, 2.75) is 50.0 Å². The van der Waals surface area contributed by atoms with E-state index in [0.29, 0.717) is 11.3 Å². The van der Waals surface area contributed by atoms with Gasteiger partial charge >= 0.3 is 0 Å². The number of aromatic hydroxyl groups is 1. The summed E-state index contributed by atoms with van der Waals surface area (Å²) in [5.74, 6) is -3.27. The van der Waals surface area contributed by atoms with E-state index >= 15 is 8.78 Å². The second kappa shape index (κ2) is 9.44. The molecule has 2 aromatic carbocycles. The summed E-state index contributed by atoms with van der Waals surface area (Å²) < 4.78 is 63.7. The fourth-order valence-electron chi connectivity index (χ4n) is 5.17. The Morgan fingerprint density at radius 3 is 2.42 bits per heavy atom. The van der Waals surface area contributed by atoms with Gasteiger partial charge in [-0.05, 0) is 60.0 Å². The number of halogens is 3. The Hall–Kier alpha value is -3.62. The first kappa shape index (κ1) is 25.5. The number of phenols is 1. The topological polar surface area (TPSA) is 80.9 Å². The molecule has 6 nitrogen and oxygen atoms in total. The summed E-state index contributed by atoms with van der Waals surface area (Å²) in [4.78, 5) is 12.7. The molecule has 0 saturated carbocycles.